The highest BCUT2D eigenvalue weighted by Crippen LogP contribution is 2.35. The third-order valence-electron chi connectivity index (χ3n) is 4.72. The molecular formula is C17H31N3O. The van der Waals surface area contributed by atoms with Crippen molar-refractivity contribution in [3.63, 3.8) is 0 Å². The number of hydrogen-bond donors (Lipinski definition) is 1. The maximum atomic E-state index is 6.32. The molecule has 1 heterocycles. The number of hydrogen-bond acceptors (Lipinski definition) is 3. The van der Waals surface area contributed by atoms with Crippen LogP contribution in [0.15, 0.2) is 12.4 Å². The number of aromatic nitrogens is 2. The summed E-state index contributed by atoms with van der Waals surface area (Å²) in [5.41, 5.74) is -0.00583. The highest BCUT2D eigenvalue weighted by atomic mass is 16.5. The van der Waals surface area contributed by atoms with Crippen LogP contribution in [0.3, 0.4) is 0 Å². The van der Waals surface area contributed by atoms with Gasteiger partial charge in [0.15, 0.2) is 0 Å². The molecule has 0 spiro atoms. The Labute approximate surface area is 129 Å². The molecule has 1 N–H and O–H groups in total. The Kier molecular flexibility index (Phi) is 6.24. The molecule has 0 aromatic carbocycles. The van der Waals surface area contributed by atoms with Gasteiger partial charge >= 0.3 is 0 Å². The molecule has 0 aliphatic heterocycles. The summed E-state index contributed by atoms with van der Waals surface area (Å²) in [6.45, 7) is 6.18. The second-order valence-corrected chi connectivity index (χ2v) is 6.22. The van der Waals surface area contributed by atoms with Gasteiger partial charge in [-0.05, 0) is 32.7 Å². The van der Waals surface area contributed by atoms with Gasteiger partial charge in [0.25, 0.3) is 0 Å². The summed E-state index contributed by atoms with van der Waals surface area (Å²) in [6, 6.07) is 0.360. The molecule has 1 fully saturated rings. The summed E-state index contributed by atoms with van der Waals surface area (Å²) in [6.07, 6.45) is 12.3. The first-order valence-electron chi connectivity index (χ1n) is 8.55. The van der Waals surface area contributed by atoms with E-state index >= 15 is 0 Å². The van der Waals surface area contributed by atoms with Gasteiger partial charge in [-0.1, -0.05) is 26.2 Å². The fourth-order valence-electron chi connectivity index (χ4n) is 3.57. The number of nitrogens with zero attached hydrogens (tertiary/aromatic N) is 2. The van der Waals surface area contributed by atoms with Crippen molar-refractivity contribution in [3.8, 4) is 0 Å². The van der Waals surface area contributed by atoms with Gasteiger partial charge < -0.3 is 14.6 Å². The molecule has 1 atom stereocenters. The first kappa shape index (κ1) is 16.5. The Morgan fingerprint density at radius 1 is 1.33 bits per heavy atom. The van der Waals surface area contributed by atoms with E-state index in [1.165, 1.54) is 32.1 Å². The molecule has 4 nitrogen and oxygen atoms in total. The molecule has 1 aromatic heterocycles. The van der Waals surface area contributed by atoms with Crippen LogP contribution in [0.1, 0.15) is 58.2 Å². The maximum Gasteiger partial charge on any atom is 0.110 e. The van der Waals surface area contributed by atoms with Crippen LogP contribution < -0.4 is 5.32 Å². The summed E-state index contributed by atoms with van der Waals surface area (Å²) >= 11 is 0. The van der Waals surface area contributed by atoms with E-state index in [2.05, 4.69) is 35.8 Å². The molecule has 21 heavy (non-hydrogen) atoms. The van der Waals surface area contributed by atoms with E-state index in [-0.39, 0.29) is 5.60 Å². The minimum atomic E-state index is -0.00583. The summed E-state index contributed by atoms with van der Waals surface area (Å²) in [4.78, 5) is 4.52. The minimum absolute atomic E-state index is 0.00583. The molecule has 4 heteroatoms. The molecule has 0 bridgehead atoms. The zero-order valence-corrected chi connectivity index (χ0v) is 13.9. The van der Waals surface area contributed by atoms with E-state index in [0.29, 0.717) is 6.04 Å². The van der Waals surface area contributed by atoms with E-state index in [1.807, 2.05) is 12.4 Å². The molecule has 1 aromatic rings. The van der Waals surface area contributed by atoms with Gasteiger partial charge in [0, 0.05) is 38.5 Å². The maximum absolute atomic E-state index is 6.32. The number of rotatable bonds is 8. The lowest BCUT2D eigenvalue weighted by molar-refractivity contribution is -0.0901. The first-order valence-corrected chi connectivity index (χ1v) is 8.55. The second-order valence-electron chi connectivity index (χ2n) is 6.22. The largest absolute Gasteiger partial charge is 0.374 e. The predicted molar refractivity (Wildman–Crippen MR) is 86.4 cm³/mol. The smallest absolute Gasteiger partial charge is 0.110 e. The van der Waals surface area contributed by atoms with Crippen LogP contribution >= 0.6 is 0 Å². The molecule has 0 amide bonds. The second kappa shape index (κ2) is 7.95. The van der Waals surface area contributed by atoms with E-state index in [9.17, 15) is 0 Å². The molecule has 2 rings (SSSR count). The topological polar surface area (TPSA) is 39.1 Å². The lowest BCUT2D eigenvalue weighted by atomic mass is 9.77. The highest BCUT2D eigenvalue weighted by molar-refractivity contribution is 5.03. The fraction of sp³-hybridized carbons (Fsp3) is 0.824. The van der Waals surface area contributed by atoms with E-state index in [0.717, 1.165) is 31.8 Å². The van der Waals surface area contributed by atoms with Gasteiger partial charge in [-0.3, -0.25) is 0 Å². The molecule has 120 valence electrons. The Hall–Kier alpha value is -0.870. The quantitative estimate of drug-likeness (QED) is 0.800. The van der Waals surface area contributed by atoms with Crippen molar-refractivity contribution in [1.82, 2.24) is 14.9 Å². The standard InChI is InChI=1S/C17H31N3O/c1-4-11-18-15(14-16-19-12-13-20(16)3)17(21-5-2)9-7-6-8-10-17/h12-13,15,18H,4-11,14H2,1-3H3. The van der Waals surface area contributed by atoms with Crippen molar-refractivity contribution in [2.24, 2.45) is 7.05 Å². The van der Waals surface area contributed by atoms with Crippen LogP contribution in [-0.2, 0) is 18.2 Å². The number of imidazole rings is 1. The average Bonchev–Trinajstić information content (AvgIpc) is 2.90. The average molecular weight is 293 g/mol. The SMILES string of the molecule is CCCNC(Cc1nccn1C)C1(OCC)CCCCC1. The normalized spacial score (nSPS) is 19.6. The fourth-order valence-corrected chi connectivity index (χ4v) is 3.57. The Morgan fingerprint density at radius 2 is 2.10 bits per heavy atom. The van der Waals surface area contributed by atoms with Crippen LogP contribution in [0, 0.1) is 0 Å². The molecular weight excluding hydrogens is 262 g/mol. The number of nitrogens with one attached hydrogen (secondary N) is 1. The summed E-state index contributed by atoms with van der Waals surface area (Å²) in [5.74, 6) is 1.15. The van der Waals surface area contributed by atoms with E-state index < -0.39 is 0 Å². The molecule has 1 aliphatic rings. The lowest BCUT2D eigenvalue weighted by Gasteiger charge is -2.43. The van der Waals surface area contributed by atoms with Crippen LogP contribution in [0.25, 0.3) is 0 Å². The van der Waals surface area contributed by atoms with Crippen molar-refractivity contribution in [3.05, 3.63) is 18.2 Å². The first-order chi connectivity index (χ1) is 10.2. The minimum Gasteiger partial charge on any atom is -0.374 e. The zero-order chi connectivity index (χ0) is 15.1. The van der Waals surface area contributed by atoms with Crippen molar-refractivity contribution < 1.29 is 4.74 Å². The van der Waals surface area contributed by atoms with Crippen LogP contribution in [0.2, 0.25) is 0 Å². The molecule has 1 saturated carbocycles. The number of ether oxygens (including phenoxy) is 1. The van der Waals surface area contributed by atoms with Crippen molar-refractivity contribution in [2.75, 3.05) is 13.2 Å². The highest BCUT2D eigenvalue weighted by Gasteiger charge is 2.40. The number of aryl methyl sites for hydroxylation is 1. The zero-order valence-electron chi connectivity index (χ0n) is 13.9. The van der Waals surface area contributed by atoms with Crippen LogP contribution in [0.5, 0.6) is 0 Å². The lowest BCUT2D eigenvalue weighted by Crippen LogP contribution is -2.55. The van der Waals surface area contributed by atoms with Gasteiger partial charge in [-0.25, -0.2) is 4.98 Å². The van der Waals surface area contributed by atoms with Gasteiger partial charge in [-0.2, -0.15) is 0 Å². The molecule has 1 unspecified atom stereocenters. The Bertz CT molecular complexity index is 404. The Morgan fingerprint density at radius 3 is 2.67 bits per heavy atom. The van der Waals surface area contributed by atoms with Crippen LogP contribution in [-0.4, -0.2) is 34.3 Å². The Balaban J connectivity index is 2.17. The summed E-state index contributed by atoms with van der Waals surface area (Å²) < 4.78 is 8.45. The predicted octanol–water partition coefficient (Wildman–Crippen LogP) is 3.07. The third kappa shape index (κ3) is 4.07. The van der Waals surface area contributed by atoms with Crippen molar-refractivity contribution in [2.45, 2.75) is 70.4 Å². The third-order valence-corrected chi connectivity index (χ3v) is 4.72. The monoisotopic (exact) mass is 293 g/mol. The molecule has 0 radical (unpaired) electrons. The van der Waals surface area contributed by atoms with Crippen molar-refractivity contribution in [1.29, 1.82) is 0 Å². The molecule has 0 saturated heterocycles. The summed E-state index contributed by atoms with van der Waals surface area (Å²) in [5, 5.41) is 3.75. The van der Waals surface area contributed by atoms with Crippen molar-refractivity contribution >= 4 is 0 Å². The van der Waals surface area contributed by atoms with E-state index in [1.54, 1.807) is 0 Å². The van der Waals surface area contributed by atoms with Gasteiger partial charge in [-0.15, -0.1) is 0 Å². The van der Waals surface area contributed by atoms with Gasteiger partial charge in [0.05, 0.1) is 5.60 Å². The molecule has 1 aliphatic carbocycles. The van der Waals surface area contributed by atoms with Gasteiger partial charge in [0.1, 0.15) is 5.82 Å². The summed E-state index contributed by atoms with van der Waals surface area (Å²) in [7, 11) is 2.08. The van der Waals surface area contributed by atoms with Crippen LogP contribution in [0.4, 0.5) is 0 Å². The van der Waals surface area contributed by atoms with Gasteiger partial charge in [0.2, 0.25) is 0 Å². The van der Waals surface area contributed by atoms with E-state index in [4.69, 9.17) is 4.74 Å².